The van der Waals surface area contributed by atoms with Gasteiger partial charge in [0.2, 0.25) is 0 Å². The van der Waals surface area contributed by atoms with Gasteiger partial charge >= 0.3 is 6.18 Å². The Kier molecular flexibility index (Phi) is 8.17. The number of sulfonamides is 1. The highest BCUT2D eigenvalue weighted by atomic mass is 35.5. The third-order valence-corrected chi connectivity index (χ3v) is 8.49. The molecule has 198 valence electrons. The summed E-state index contributed by atoms with van der Waals surface area (Å²) < 4.78 is 80.0. The molecule has 0 amide bonds. The molecule has 1 fully saturated rings. The number of halogens is 4. The molecule has 1 aliphatic rings. The first kappa shape index (κ1) is 27.4. The van der Waals surface area contributed by atoms with E-state index in [1.54, 1.807) is 13.2 Å². The summed E-state index contributed by atoms with van der Waals surface area (Å²) in [4.78, 5) is 3.31. The zero-order chi connectivity index (χ0) is 26.8. The molecule has 0 saturated carbocycles. The summed E-state index contributed by atoms with van der Waals surface area (Å²) in [6, 6.07) is 14.7. The summed E-state index contributed by atoms with van der Waals surface area (Å²) >= 11 is 7.68. The molecule has 0 spiro atoms. The summed E-state index contributed by atoms with van der Waals surface area (Å²) in [7, 11) is -0.790. The van der Waals surface area contributed by atoms with E-state index in [-0.39, 0.29) is 15.6 Å². The minimum absolute atomic E-state index is 0.0298. The summed E-state index contributed by atoms with van der Waals surface area (Å²) in [6.07, 6.45) is -4.52. The van der Waals surface area contributed by atoms with E-state index in [4.69, 9.17) is 21.1 Å². The van der Waals surface area contributed by atoms with Gasteiger partial charge in [0.25, 0.3) is 10.0 Å². The quantitative estimate of drug-likeness (QED) is 0.337. The molecule has 0 aromatic heterocycles. The molecule has 0 radical (unpaired) electrons. The minimum Gasteiger partial charge on any atom is -0.497 e. The first-order chi connectivity index (χ1) is 17.4. The number of anilines is 1. The van der Waals surface area contributed by atoms with Crippen molar-refractivity contribution in [2.45, 2.75) is 33.4 Å². The number of ether oxygens (including phenoxy) is 2. The van der Waals surface area contributed by atoms with Crippen LogP contribution in [0.25, 0.3) is 0 Å². The van der Waals surface area contributed by atoms with Crippen molar-refractivity contribution in [3.05, 3.63) is 71.2 Å². The molecule has 12 heteroatoms. The van der Waals surface area contributed by atoms with Crippen LogP contribution >= 0.6 is 23.4 Å². The van der Waals surface area contributed by atoms with Gasteiger partial charge < -0.3 is 14.4 Å². The van der Waals surface area contributed by atoms with Gasteiger partial charge in [-0.1, -0.05) is 29.4 Å². The summed E-state index contributed by atoms with van der Waals surface area (Å²) in [5.74, 6) is 0.253. The predicted octanol–water partition coefficient (Wildman–Crippen LogP) is 6.40. The van der Waals surface area contributed by atoms with Crippen LogP contribution < -0.4 is 14.2 Å². The lowest BCUT2D eigenvalue weighted by atomic mass is 10.1. The molecule has 1 aliphatic heterocycles. The number of methoxy groups -OCH3 is 1. The average molecular weight is 573 g/mol. The van der Waals surface area contributed by atoms with Crippen LogP contribution in [0, 0.1) is 0 Å². The van der Waals surface area contributed by atoms with Gasteiger partial charge in [0, 0.05) is 28.9 Å². The largest absolute Gasteiger partial charge is 0.497 e. The lowest BCUT2D eigenvalue weighted by Gasteiger charge is -2.19. The third-order valence-electron chi connectivity index (χ3n) is 5.65. The molecule has 0 aliphatic carbocycles. The van der Waals surface area contributed by atoms with Crippen molar-refractivity contribution < 1.29 is 31.1 Å². The maximum absolute atomic E-state index is 13.6. The Morgan fingerprint density at radius 2 is 1.84 bits per heavy atom. The van der Waals surface area contributed by atoms with E-state index in [0.29, 0.717) is 30.2 Å². The number of nitrogens with zero attached hydrogens (tertiary/aromatic N) is 1. The highest BCUT2D eigenvalue weighted by Gasteiger charge is 2.36. The average Bonchev–Trinajstić information content (AvgIpc) is 3.22. The van der Waals surface area contributed by atoms with Crippen molar-refractivity contribution in [1.29, 1.82) is 0 Å². The van der Waals surface area contributed by atoms with E-state index >= 15 is 0 Å². The second kappa shape index (κ2) is 11.0. The Morgan fingerprint density at radius 3 is 2.49 bits per heavy atom. The molecule has 37 heavy (non-hydrogen) atoms. The van der Waals surface area contributed by atoms with E-state index in [1.165, 1.54) is 23.9 Å². The fourth-order valence-corrected chi connectivity index (χ4v) is 6.43. The number of likely N-dealkylation sites (tertiary alicyclic amines) is 1. The fourth-order valence-electron chi connectivity index (χ4n) is 3.86. The SMILES string of the molecule is COc1cccc(Sc2ccc(S(=O)(=O)Nc3ccc(C(F)(F)F)c(OC4CCN(C)C4)c3)c(Cl)c2)c1. The second-order valence-electron chi connectivity index (χ2n) is 8.48. The number of nitrogens with one attached hydrogen (secondary N) is 1. The molecule has 0 bridgehead atoms. The molecule has 1 unspecified atom stereocenters. The topological polar surface area (TPSA) is 67.9 Å². The Bertz CT molecular complexity index is 1390. The van der Waals surface area contributed by atoms with Crippen LogP contribution in [0.5, 0.6) is 11.5 Å². The molecule has 3 aromatic carbocycles. The highest BCUT2D eigenvalue weighted by molar-refractivity contribution is 7.99. The van der Waals surface area contributed by atoms with Crippen molar-refractivity contribution in [2.24, 2.45) is 0 Å². The van der Waals surface area contributed by atoms with Gasteiger partial charge in [-0.15, -0.1) is 0 Å². The van der Waals surface area contributed by atoms with E-state index < -0.39 is 33.6 Å². The van der Waals surface area contributed by atoms with Crippen molar-refractivity contribution >= 4 is 39.1 Å². The normalized spacial score (nSPS) is 16.5. The number of benzene rings is 3. The number of hydrogen-bond donors (Lipinski definition) is 1. The van der Waals surface area contributed by atoms with Crippen LogP contribution in [0.4, 0.5) is 18.9 Å². The van der Waals surface area contributed by atoms with Gasteiger partial charge in [-0.2, -0.15) is 13.2 Å². The minimum atomic E-state index is -4.66. The number of alkyl halides is 3. The zero-order valence-corrected chi connectivity index (χ0v) is 22.3. The Labute approximate surface area is 222 Å². The molecule has 6 nitrogen and oxygen atoms in total. The van der Waals surface area contributed by atoms with Crippen LogP contribution in [-0.2, 0) is 16.2 Å². The fraction of sp³-hybridized carbons (Fsp3) is 0.280. The molecule has 1 heterocycles. The Hall–Kier alpha value is -2.60. The van der Waals surface area contributed by atoms with Gasteiger partial charge in [-0.25, -0.2) is 8.42 Å². The summed E-state index contributed by atoms with van der Waals surface area (Å²) in [6.45, 7) is 1.17. The second-order valence-corrected chi connectivity index (χ2v) is 11.7. The van der Waals surface area contributed by atoms with Crippen LogP contribution in [0.3, 0.4) is 0 Å². The van der Waals surface area contributed by atoms with Crippen molar-refractivity contribution in [2.75, 3.05) is 32.0 Å². The lowest BCUT2D eigenvalue weighted by molar-refractivity contribution is -0.139. The van der Waals surface area contributed by atoms with E-state index in [1.807, 2.05) is 36.2 Å². The standard InChI is InChI=1S/C25H24ClF3N2O4S2/c1-31-11-10-18(15-31)35-23-12-16(6-8-21(23)25(27,28)29)30-37(32,33)24-9-7-20(14-22(24)26)36-19-5-3-4-17(13-19)34-2/h3-9,12-14,18,30H,10-11,15H2,1-2H3. The summed E-state index contributed by atoms with van der Waals surface area (Å²) in [5, 5.41) is -0.0298. The number of hydrogen-bond acceptors (Lipinski definition) is 6. The maximum atomic E-state index is 13.6. The van der Waals surface area contributed by atoms with Gasteiger partial charge in [0.15, 0.2) is 0 Å². The van der Waals surface area contributed by atoms with Crippen molar-refractivity contribution in [3.8, 4) is 11.5 Å². The molecule has 1 N–H and O–H groups in total. The predicted molar refractivity (Wildman–Crippen MR) is 137 cm³/mol. The van der Waals surface area contributed by atoms with E-state index in [0.717, 1.165) is 23.1 Å². The van der Waals surface area contributed by atoms with Gasteiger partial charge in [0.05, 0.1) is 23.4 Å². The monoisotopic (exact) mass is 572 g/mol. The first-order valence-electron chi connectivity index (χ1n) is 11.2. The van der Waals surface area contributed by atoms with Crippen molar-refractivity contribution in [1.82, 2.24) is 4.90 Å². The highest BCUT2D eigenvalue weighted by Crippen LogP contribution is 2.39. The molecule has 1 atom stereocenters. The van der Waals surface area contributed by atoms with Gasteiger partial charge in [0.1, 0.15) is 22.5 Å². The number of likely N-dealkylation sites (N-methyl/N-ethyl adjacent to an activating group) is 1. The van der Waals surface area contributed by atoms with E-state index in [2.05, 4.69) is 4.72 Å². The van der Waals surface area contributed by atoms with Crippen LogP contribution in [0.2, 0.25) is 5.02 Å². The first-order valence-corrected chi connectivity index (χ1v) is 13.8. The zero-order valence-electron chi connectivity index (χ0n) is 19.9. The van der Waals surface area contributed by atoms with Crippen LogP contribution in [0.1, 0.15) is 12.0 Å². The lowest BCUT2D eigenvalue weighted by Crippen LogP contribution is -2.23. The van der Waals surface area contributed by atoms with Gasteiger partial charge in [-0.05, 0) is 62.0 Å². The Balaban J connectivity index is 1.56. The molecular formula is C25H24ClF3N2O4S2. The van der Waals surface area contributed by atoms with E-state index in [9.17, 15) is 21.6 Å². The summed E-state index contributed by atoms with van der Waals surface area (Å²) in [5.41, 5.74) is -1.04. The molecule has 3 aromatic rings. The van der Waals surface area contributed by atoms with Crippen LogP contribution in [-0.4, -0.2) is 46.7 Å². The number of rotatable bonds is 8. The third kappa shape index (κ3) is 6.84. The van der Waals surface area contributed by atoms with Crippen molar-refractivity contribution in [3.63, 3.8) is 0 Å². The molecular weight excluding hydrogens is 549 g/mol. The van der Waals surface area contributed by atoms with Crippen LogP contribution in [0.15, 0.2) is 75.4 Å². The van der Waals surface area contributed by atoms with Gasteiger partial charge in [-0.3, -0.25) is 4.72 Å². The molecule has 1 saturated heterocycles. The Morgan fingerprint density at radius 1 is 1.08 bits per heavy atom. The smallest absolute Gasteiger partial charge is 0.419 e. The maximum Gasteiger partial charge on any atom is 0.419 e. The molecule has 4 rings (SSSR count).